The molecule has 1 amide bonds. The summed E-state index contributed by atoms with van der Waals surface area (Å²) >= 11 is 0. The molecule has 3 unspecified atom stereocenters. The maximum atomic E-state index is 13.3. The average Bonchev–Trinajstić information content (AvgIpc) is 2.93. The van der Waals surface area contributed by atoms with Crippen LogP contribution in [0.1, 0.15) is 84.3 Å². The molecule has 5 rings (SSSR count). The van der Waals surface area contributed by atoms with Gasteiger partial charge in [-0.15, -0.1) is 0 Å². The van der Waals surface area contributed by atoms with E-state index in [2.05, 4.69) is 97.1 Å². The summed E-state index contributed by atoms with van der Waals surface area (Å²) in [5.74, 6) is 1.04. The molecule has 3 aliphatic heterocycles. The molecule has 3 atom stereocenters. The van der Waals surface area contributed by atoms with E-state index in [0.29, 0.717) is 8.58 Å². The Morgan fingerprint density at radius 3 is 2.50 bits per heavy atom. The number of nitrogens with one attached hydrogen (secondary N) is 2. The summed E-state index contributed by atoms with van der Waals surface area (Å²) in [6.45, 7) is 17.4. The van der Waals surface area contributed by atoms with Crippen LogP contribution in [0, 0.1) is 26.7 Å². The van der Waals surface area contributed by atoms with Crippen LogP contribution >= 0.6 is 8.58 Å². The number of allylic oxidation sites excluding steroid dienone is 1. The number of hydrogen-bond acceptors (Lipinski definition) is 4. The van der Waals surface area contributed by atoms with E-state index in [9.17, 15) is 4.79 Å². The third-order valence-electron chi connectivity index (χ3n) is 8.86. The van der Waals surface area contributed by atoms with Gasteiger partial charge >= 0.3 is 0 Å². The molecule has 7 heteroatoms. The number of nitrogens with zero attached hydrogens (tertiary/aromatic N) is 3. The van der Waals surface area contributed by atoms with Gasteiger partial charge in [-0.3, -0.25) is 15.0 Å². The molecule has 0 aromatic heterocycles. The lowest BCUT2D eigenvalue weighted by Gasteiger charge is -2.32. The van der Waals surface area contributed by atoms with E-state index in [1.165, 1.54) is 65.6 Å². The van der Waals surface area contributed by atoms with Crippen LogP contribution in [0.2, 0.25) is 0 Å². The average molecular weight is 559 g/mol. The second-order valence-corrected chi connectivity index (χ2v) is 13.1. The summed E-state index contributed by atoms with van der Waals surface area (Å²) in [7, 11) is 0.667. The van der Waals surface area contributed by atoms with Crippen molar-refractivity contribution in [2.75, 3.05) is 25.0 Å². The fraction of sp³-hybridized carbons (Fsp3) is 0.485. The predicted molar refractivity (Wildman–Crippen MR) is 169 cm³/mol. The minimum atomic E-state index is -0.0572. The quantitative estimate of drug-likeness (QED) is 0.272. The van der Waals surface area contributed by atoms with Crippen molar-refractivity contribution in [3.05, 3.63) is 74.8 Å². The Labute approximate surface area is 241 Å². The zero-order valence-electron chi connectivity index (χ0n) is 25.0. The Hall–Kier alpha value is -2.66. The monoisotopic (exact) mass is 558 g/mol. The summed E-state index contributed by atoms with van der Waals surface area (Å²) in [4.78, 5) is 20.6. The fourth-order valence-corrected chi connectivity index (χ4v) is 7.62. The smallest absolute Gasteiger partial charge is 0.255 e. The molecule has 0 aliphatic carbocycles. The molecular weight excluding hydrogens is 513 g/mol. The normalized spacial score (nSPS) is 20.8. The van der Waals surface area contributed by atoms with Gasteiger partial charge in [0.2, 0.25) is 11.7 Å². The van der Waals surface area contributed by atoms with Crippen molar-refractivity contribution in [2.45, 2.75) is 79.2 Å². The Kier molecular flexibility index (Phi) is 8.99. The standard InChI is InChI=1S/C33H44N5OP/c1-7-25-11-13-37(14-12-25)19-29-22(4)15-26(16-23(29)5)32(39)36-27-10-9-21(3)28(17-27)24(6)35-31-18-34-30-20-38(8-2)33(30)40-31/h9-10,15-18,20,24-25,31,35,40H,7-8,11-14,19H2,1-6H3/p+1. The number of amides is 1. The van der Waals surface area contributed by atoms with Gasteiger partial charge in [0.1, 0.15) is 6.54 Å². The number of carbonyl (C=O) groups excluding carboxylic acids is 1. The SMILES string of the molecule is CCC1CCN(Cc2c(C)cc(C(=O)Nc3ccc(C)c(C(C)NC4C=NC5=C(P4)[N+](CC)=C5)c3)cc2C)CC1. The van der Waals surface area contributed by atoms with E-state index in [4.69, 9.17) is 0 Å². The molecule has 2 aromatic carbocycles. The highest BCUT2D eigenvalue weighted by molar-refractivity contribution is 7.44. The molecule has 3 aliphatic rings. The number of anilines is 1. The fourth-order valence-electron chi connectivity index (χ4n) is 6.18. The van der Waals surface area contributed by atoms with Gasteiger partial charge in [0, 0.05) is 38.6 Å². The van der Waals surface area contributed by atoms with Gasteiger partial charge in [0.25, 0.3) is 5.91 Å². The summed E-state index contributed by atoms with van der Waals surface area (Å²) in [6.07, 6.45) is 8.05. The molecule has 0 bridgehead atoms. The number of aryl methyl sites for hydroxylation is 3. The van der Waals surface area contributed by atoms with Crippen LogP contribution in [0.4, 0.5) is 5.69 Å². The molecule has 40 heavy (non-hydrogen) atoms. The molecule has 0 radical (unpaired) electrons. The van der Waals surface area contributed by atoms with Gasteiger partial charge in [0.05, 0.1) is 5.78 Å². The maximum absolute atomic E-state index is 13.3. The molecule has 2 N–H and O–H groups in total. The summed E-state index contributed by atoms with van der Waals surface area (Å²) in [5.41, 5.74) is 10.2. The molecule has 6 nitrogen and oxygen atoms in total. The van der Waals surface area contributed by atoms with Crippen LogP contribution in [0.3, 0.4) is 0 Å². The lowest BCUT2D eigenvalue weighted by Crippen LogP contribution is -2.35. The van der Waals surface area contributed by atoms with Crippen molar-refractivity contribution < 1.29 is 9.37 Å². The Bertz CT molecular complexity index is 1350. The Morgan fingerprint density at radius 1 is 1.10 bits per heavy atom. The van der Waals surface area contributed by atoms with Gasteiger partial charge in [-0.2, -0.15) is 4.58 Å². The van der Waals surface area contributed by atoms with Crippen molar-refractivity contribution in [3.8, 4) is 0 Å². The predicted octanol–water partition coefficient (Wildman–Crippen LogP) is 6.51. The molecule has 1 saturated heterocycles. The first-order valence-corrected chi connectivity index (χ1v) is 16.0. The van der Waals surface area contributed by atoms with Gasteiger partial charge in [-0.1, -0.05) is 19.4 Å². The summed E-state index contributed by atoms with van der Waals surface area (Å²) < 4.78 is 2.29. The summed E-state index contributed by atoms with van der Waals surface area (Å²) in [5, 5.41) is 6.92. The topological polar surface area (TPSA) is 59.7 Å². The van der Waals surface area contributed by atoms with E-state index >= 15 is 0 Å². The molecular formula is C33H45N5OP+. The molecule has 212 valence electrons. The van der Waals surface area contributed by atoms with Crippen LogP contribution in [0.25, 0.3) is 0 Å². The van der Waals surface area contributed by atoms with Crippen LogP contribution < -0.4 is 10.6 Å². The van der Waals surface area contributed by atoms with Crippen molar-refractivity contribution >= 4 is 32.6 Å². The Morgan fingerprint density at radius 2 is 1.82 bits per heavy atom. The van der Waals surface area contributed by atoms with E-state index in [0.717, 1.165) is 36.0 Å². The lowest BCUT2D eigenvalue weighted by atomic mass is 9.93. The number of piperidine rings is 1. The van der Waals surface area contributed by atoms with Gasteiger partial charge in [0.15, 0.2) is 5.70 Å². The number of carbonyl (C=O) groups is 1. The highest BCUT2D eigenvalue weighted by atomic mass is 31.1. The zero-order chi connectivity index (χ0) is 28.4. The van der Waals surface area contributed by atoms with Crippen LogP contribution in [-0.2, 0) is 6.54 Å². The minimum absolute atomic E-state index is 0.0572. The zero-order valence-corrected chi connectivity index (χ0v) is 26.0. The van der Waals surface area contributed by atoms with E-state index in [1.54, 1.807) is 0 Å². The molecule has 0 saturated carbocycles. The molecule has 1 fully saturated rings. The second-order valence-electron chi connectivity index (χ2n) is 11.7. The highest BCUT2D eigenvalue weighted by Crippen LogP contribution is 2.39. The van der Waals surface area contributed by atoms with Crippen LogP contribution in [-0.4, -0.2) is 53.2 Å². The lowest BCUT2D eigenvalue weighted by molar-refractivity contribution is -0.467. The van der Waals surface area contributed by atoms with Crippen LogP contribution in [0.15, 0.2) is 46.5 Å². The Balaban J connectivity index is 1.22. The number of aliphatic imine (C=N–C) groups is 1. The van der Waals surface area contributed by atoms with E-state index in [-0.39, 0.29) is 17.7 Å². The van der Waals surface area contributed by atoms with Gasteiger partial charge in [-0.05, 0) is 119 Å². The molecule has 2 aromatic rings. The largest absolute Gasteiger partial charge is 0.322 e. The third-order valence-corrected chi connectivity index (χ3v) is 10.3. The number of benzene rings is 2. The number of rotatable bonds is 9. The third kappa shape index (κ3) is 6.30. The van der Waals surface area contributed by atoms with E-state index in [1.807, 2.05) is 12.3 Å². The van der Waals surface area contributed by atoms with Crippen molar-refractivity contribution in [1.82, 2.24) is 10.2 Å². The first-order chi connectivity index (χ1) is 19.2. The van der Waals surface area contributed by atoms with Crippen LogP contribution in [0.5, 0.6) is 0 Å². The van der Waals surface area contributed by atoms with Gasteiger partial charge in [-0.25, -0.2) is 4.99 Å². The number of hydrogen-bond donors (Lipinski definition) is 2. The molecule has 0 spiro atoms. The first kappa shape index (κ1) is 28.9. The summed E-state index contributed by atoms with van der Waals surface area (Å²) in [6, 6.07) is 10.5. The van der Waals surface area contributed by atoms with Crippen molar-refractivity contribution in [1.29, 1.82) is 0 Å². The highest BCUT2D eigenvalue weighted by Gasteiger charge is 2.33. The minimum Gasteiger partial charge on any atom is -0.322 e. The van der Waals surface area contributed by atoms with Crippen molar-refractivity contribution in [2.24, 2.45) is 10.9 Å². The van der Waals surface area contributed by atoms with E-state index < -0.39 is 0 Å². The first-order valence-electron chi connectivity index (χ1n) is 14.9. The van der Waals surface area contributed by atoms with Crippen molar-refractivity contribution in [3.63, 3.8) is 0 Å². The number of likely N-dealkylation sites (tertiary alicyclic amines) is 1. The second kappa shape index (κ2) is 12.5. The molecule has 3 heterocycles. The van der Waals surface area contributed by atoms with Gasteiger partial charge < -0.3 is 5.32 Å². The maximum Gasteiger partial charge on any atom is 0.255 e.